The molecule has 3 nitrogen and oxygen atoms in total. The Morgan fingerprint density at radius 2 is 1.80 bits per heavy atom. The molecule has 1 rings (SSSR count). The highest BCUT2D eigenvalue weighted by Gasteiger charge is 2.35. The van der Waals surface area contributed by atoms with E-state index >= 15 is 0 Å². The fraction of sp³-hybridized carbons (Fsp3) is 1.00. The van der Waals surface area contributed by atoms with Crippen molar-refractivity contribution < 1.29 is 4.74 Å². The van der Waals surface area contributed by atoms with Gasteiger partial charge in [0.05, 0.1) is 0 Å². The van der Waals surface area contributed by atoms with Crippen LogP contribution >= 0.6 is 0 Å². The maximum Gasteiger partial charge on any atom is 0.0472 e. The van der Waals surface area contributed by atoms with Crippen molar-refractivity contribution in [2.24, 2.45) is 5.41 Å². The Hall–Kier alpha value is -0.120. The lowest BCUT2D eigenvalue weighted by atomic mass is 9.78. The van der Waals surface area contributed by atoms with E-state index in [1.54, 1.807) is 0 Å². The quantitative estimate of drug-likeness (QED) is 0.776. The highest BCUT2D eigenvalue weighted by molar-refractivity contribution is 4.90. The molecule has 1 N–H and O–H groups in total. The Kier molecular flexibility index (Phi) is 6.96. The van der Waals surface area contributed by atoms with Crippen molar-refractivity contribution in [2.75, 3.05) is 32.8 Å². The predicted molar refractivity (Wildman–Crippen MR) is 87.2 cm³/mol. The summed E-state index contributed by atoms with van der Waals surface area (Å²) in [7, 11) is 0. The zero-order valence-electron chi connectivity index (χ0n) is 14.6. The summed E-state index contributed by atoms with van der Waals surface area (Å²) in [5.74, 6) is 0. The van der Waals surface area contributed by atoms with E-state index in [1.807, 2.05) is 0 Å². The van der Waals surface area contributed by atoms with Crippen LogP contribution in [-0.4, -0.2) is 49.3 Å². The summed E-state index contributed by atoms with van der Waals surface area (Å²) in [5.41, 5.74) is 0.573. The van der Waals surface area contributed by atoms with Gasteiger partial charge in [-0.25, -0.2) is 0 Å². The maximum absolute atomic E-state index is 5.61. The van der Waals surface area contributed by atoms with Gasteiger partial charge in [0.25, 0.3) is 0 Å². The standard InChI is InChI=1S/C17H36N2O/c1-7-15(3)19(8-2)14-17(9-11-20-12-10-17)13-18-16(4,5)6/h15,18H,7-14H2,1-6H3. The number of hydrogen-bond acceptors (Lipinski definition) is 3. The van der Waals surface area contributed by atoms with Crippen molar-refractivity contribution in [2.45, 2.75) is 72.4 Å². The fourth-order valence-corrected chi connectivity index (χ4v) is 2.92. The molecule has 20 heavy (non-hydrogen) atoms. The summed E-state index contributed by atoms with van der Waals surface area (Å²) in [6.45, 7) is 19.0. The Labute approximate surface area is 126 Å². The van der Waals surface area contributed by atoms with Crippen LogP contribution in [0.1, 0.15) is 60.8 Å². The van der Waals surface area contributed by atoms with E-state index in [0.29, 0.717) is 11.5 Å². The first-order valence-corrected chi connectivity index (χ1v) is 8.39. The number of nitrogens with one attached hydrogen (secondary N) is 1. The zero-order chi connectivity index (χ0) is 15.2. The molecule has 1 fully saturated rings. The number of nitrogens with zero attached hydrogens (tertiary/aromatic N) is 1. The van der Waals surface area contributed by atoms with E-state index in [-0.39, 0.29) is 5.54 Å². The third-order valence-corrected chi connectivity index (χ3v) is 4.71. The minimum Gasteiger partial charge on any atom is -0.381 e. The Balaban J connectivity index is 2.71. The van der Waals surface area contributed by atoms with Crippen LogP contribution in [0.25, 0.3) is 0 Å². The van der Waals surface area contributed by atoms with Crippen LogP contribution < -0.4 is 5.32 Å². The minimum atomic E-state index is 0.193. The topological polar surface area (TPSA) is 24.5 Å². The fourth-order valence-electron chi connectivity index (χ4n) is 2.92. The molecular formula is C17H36N2O. The van der Waals surface area contributed by atoms with Crippen molar-refractivity contribution in [3.05, 3.63) is 0 Å². The Bertz CT molecular complexity index is 267. The first kappa shape index (κ1) is 17.9. The lowest BCUT2D eigenvalue weighted by Crippen LogP contribution is -2.52. The lowest BCUT2D eigenvalue weighted by Gasteiger charge is -2.44. The van der Waals surface area contributed by atoms with E-state index < -0.39 is 0 Å². The van der Waals surface area contributed by atoms with Crippen LogP contribution in [0, 0.1) is 5.41 Å². The summed E-state index contributed by atoms with van der Waals surface area (Å²) >= 11 is 0. The van der Waals surface area contributed by atoms with Gasteiger partial charge >= 0.3 is 0 Å². The van der Waals surface area contributed by atoms with Gasteiger partial charge in [-0.3, -0.25) is 0 Å². The van der Waals surface area contributed by atoms with Crippen LogP contribution in [0.15, 0.2) is 0 Å². The van der Waals surface area contributed by atoms with Gasteiger partial charge in [0.1, 0.15) is 0 Å². The van der Waals surface area contributed by atoms with Crippen molar-refractivity contribution in [1.29, 1.82) is 0 Å². The van der Waals surface area contributed by atoms with E-state index in [4.69, 9.17) is 4.74 Å². The monoisotopic (exact) mass is 284 g/mol. The molecule has 0 aromatic rings. The van der Waals surface area contributed by atoms with E-state index in [9.17, 15) is 0 Å². The van der Waals surface area contributed by atoms with Gasteiger partial charge in [-0.1, -0.05) is 13.8 Å². The molecule has 0 bridgehead atoms. The Morgan fingerprint density at radius 1 is 1.20 bits per heavy atom. The van der Waals surface area contributed by atoms with E-state index in [1.165, 1.54) is 25.8 Å². The first-order chi connectivity index (χ1) is 9.32. The second kappa shape index (κ2) is 7.77. The number of ether oxygens (including phenoxy) is 1. The van der Waals surface area contributed by atoms with Crippen molar-refractivity contribution in [1.82, 2.24) is 10.2 Å². The van der Waals surface area contributed by atoms with Gasteiger partial charge in [0.2, 0.25) is 0 Å². The number of rotatable bonds is 7. The molecule has 0 spiro atoms. The first-order valence-electron chi connectivity index (χ1n) is 8.39. The molecular weight excluding hydrogens is 248 g/mol. The largest absolute Gasteiger partial charge is 0.381 e. The molecule has 0 aromatic carbocycles. The Morgan fingerprint density at radius 3 is 2.25 bits per heavy atom. The highest BCUT2D eigenvalue weighted by atomic mass is 16.5. The van der Waals surface area contributed by atoms with Gasteiger partial charge in [0.15, 0.2) is 0 Å². The molecule has 0 radical (unpaired) electrons. The molecule has 1 heterocycles. The highest BCUT2D eigenvalue weighted by Crippen LogP contribution is 2.32. The van der Waals surface area contributed by atoms with Crippen molar-refractivity contribution >= 4 is 0 Å². The predicted octanol–water partition coefficient (Wildman–Crippen LogP) is 3.29. The summed E-state index contributed by atoms with van der Waals surface area (Å²) in [6, 6.07) is 0.675. The zero-order valence-corrected chi connectivity index (χ0v) is 14.6. The van der Waals surface area contributed by atoms with Crippen molar-refractivity contribution in [3.8, 4) is 0 Å². The summed E-state index contributed by atoms with van der Waals surface area (Å²) in [4.78, 5) is 2.65. The molecule has 1 atom stereocenters. The van der Waals surface area contributed by atoms with Gasteiger partial charge in [-0.05, 0) is 58.9 Å². The third kappa shape index (κ3) is 5.71. The molecule has 1 aliphatic heterocycles. The SMILES string of the molecule is CCC(C)N(CC)CC1(CNC(C)(C)C)CCOCC1. The second-order valence-corrected chi connectivity index (χ2v) is 7.54. The molecule has 3 heteroatoms. The molecule has 1 unspecified atom stereocenters. The van der Waals surface area contributed by atoms with Gasteiger partial charge in [-0.2, -0.15) is 0 Å². The van der Waals surface area contributed by atoms with Crippen molar-refractivity contribution in [3.63, 3.8) is 0 Å². The average Bonchev–Trinajstić information content (AvgIpc) is 2.42. The van der Waals surface area contributed by atoms with Crippen LogP contribution in [0.5, 0.6) is 0 Å². The smallest absolute Gasteiger partial charge is 0.0472 e. The maximum atomic E-state index is 5.61. The molecule has 1 saturated heterocycles. The van der Waals surface area contributed by atoms with E-state index in [2.05, 4.69) is 51.8 Å². The molecule has 120 valence electrons. The third-order valence-electron chi connectivity index (χ3n) is 4.71. The number of hydrogen-bond donors (Lipinski definition) is 1. The summed E-state index contributed by atoms with van der Waals surface area (Å²) in [6.07, 6.45) is 3.60. The van der Waals surface area contributed by atoms with Crippen LogP contribution in [-0.2, 0) is 4.74 Å². The molecule has 1 aliphatic rings. The van der Waals surface area contributed by atoms with Crippen LogP contribution in [0.3, 0.4) is 0 Å². The molecule has 0 amide bonds. The van der Waals surface area contributed by atoms with Crippen LogP contribution in [0.4, 0.5) is 0 Å². The molecule has 0 aromatic heterocycles. The molecule has 0 saturated carbocycles. The van der Waals surface area contributed by atoms with Gasteiger partial charge in [0, 0.05) is 37.9 Å². The summed E-state index contributed by atoms with van der Waals surface area (Å²) in [5, 5.41) is 3.74. The summed E-state index contributed by atoms with van der Waals surface area (Å²) < 4.78 is 5.61. The second-order valence-electron chi connectivity index (χ2n) is 7.54. The molecule has 0 aliphatic carbocycles. The average molecular weight is 284 g/mol. The minimum absolute atomic E-state index is 0.193. The lowest BCUT2D eigenvalue weighted by molar-refractivity contribution is -0.0126. The van der Waals surface area contributed by atoms with E-state index in [0.717, 1.165) is 26.3 Å². The van der Waals surface area contributed by atoms with Gasteiger partial charge in [-0.15, -0.1) is 0 Å². The normalized spacial score (nSPS) is 21.1. The van der Waals surface area contributed by atoms with Gasteiger partial charge < -0.3 is 15.0 Å². The van der Waals surface area contributed by atoms with Crippen LogP contribution in [0.2, 0.25) is 0 Å².